The first-order valence-corrected chi connectivity index (χ1v) is 11.9. The van der Waals surface area contributed by atoms with Crippen LogP contribution < -0.4 is 5.32 Å². The van der Waals surface area contributed by atoms with E-state index in [4.69, 9.17) is 4.43 Å². The molecule has 0 aliphatic carbocycles. The summed E-state index contributed by atoms with van der Waals surface area (Å²) in [5.41, 5.74) is 1.49. The van der Waals surface area contributed by atoms with E-state index in [1.165, 1.54) is 11.8 Å². The minimum Gasteiger partial charge on any atom is -0.412 e. The molecule has 142 valence electrons. The van der Waals surface area contributed by atoms with Crippen molar-refractivity contribution in [3.63, 3.8) is 0 Å². The second-order valence-corrected chi connectivity index (χ2v) is 13.1. The molecule has 2 rings (SSSR count). The summed E-state index contributed by atoms with van der Waals surface area (Å²) in [6.07, 6.45) is 1.32. The molecule has 2 unspecified atom stereocenters. The van der Waals surface area contributed by atoms with E-state index >= 15 is 0 Å². The predicted molar refractivity (Wildman–Crippen MR) is 107 cm³/mol. The van der Waals surface area contributed by atoms with Crippen LogP contribution in [0.5, 0.6) is 0 Å². The first-order valence-electron chi connectivity index (χ1n) is 8.99. The highest BCUT2D eigenvalue weighted by Crippen LogP contribution is 2.38. The van der Waals surface area contributed by atoms with Gasteiger partial charge in [0.1, 0.15) is 6.04 Å². The molecule has 1 heterocycles. The molecule has 1 aliphatic rings. The number of carbonyl (C=O) groups excluding carboxylic acids is 2. The third-order valence-electron chi connectivity index (χ3n) is 5.27. The van der Waals surface area contributed by atoms with Crippen molar-refractivity contribution in [2.75, 3.05) is 0 Å². The fourth-order valence-corrected chi connectivity index (χ4v) is 4.19. The summed E-state index contributed by atoms with van der Waals surface area (Å²) >= 11 is 0. The van der Waals surface area contributed by atoms with Crippen LogP contribution in [0.4, 0.5) is 0 Å². The van der Waals surface area contributed by atoms with Crippen molar-refractivity contribution in [1.82, 2.24) is 10.2 Å². The molecule has 6 heteroatoms. The number of amides is 2. The van der Waals surface area contributed by atoms with E-state index in [9.17, 15) is 9.59 Å². The fraction of sp³-hybridized carbons (Fsp3) is 0.500. The average molecular weight is 375 g/mol. The quantitative estimate of drug-likeness (QED) is 0.817. The van der Waals surface area contributed by atoms with Crippen LogP contribution in [0, 0.1) is 0 Å². The summed E-state index contributed by atoms with van der Waals surface area (Å²) in [5.74, 6) is -0.392. The maximum Gasteiger partial charge on any atom is 0.250 e. The van der Waals surface area contributed by atoms with Gasteiger partial charge in [0.15, 0.2) is 8.32 Å². The molecule has 1 N–H and O–H groups in total. The molecule has 0 aromatic heterocycles. The smallest absolute Gasteiger partial charge is 0.250 e. The van der Waals surface area contributed by atoms with E-state index in [1.54, 1.807) is 6.20 Å². The van der Waals surface area contributed by atoms with Crippen molar-refractivity contribution in [2.24, 2.45) is 0 Å². The third kappa shape index (κ3) is 4.24. The fourth-order valence-electron chi connectivity index (χ4n) is 2.78. The molecule has 0 spiro atoms. The SMILES string of the molecule is CC(=O)N1C=C(c2ccccc2)NC(=O)C1C(C)O[Si](C)(C)C(C)(C)C. The van der Waals surface area contributed by atoms with Gasteiger partial charge in [0.25, 0.3) is 0 Å². The summed E-state index contributed by atoms with van der Waals surface area (Å²) in [7, 11) is -2.07. The molecule has 0 bridgehead atoms. The average Bonchev–Trinajstić information content (AvgIpc) is 2.53. The zero-order valence-corrected chi connectivity index (χ0v) is 17.8. The Kier molecular flexibility index (Phi) is 5.78. The highest BCUT2D eigenvalue weighted by atomic mass is 28.4. The van der Waals surface area contributed by atoms with Crippen molar-refractivity contribution in [3.05, 3.63) is 42.1 Å². The summed E-state index contributed by atoms with van der Waals surface area (Å²) in [6.45, 7) is 14.1. The number of rotatable bonds is 4. The van der Waals surface area contributed by atoms with Crippen LogP contribution in [-0.2, 0) is 14.0 Å². The molecule has 0 fully saturated rings. The summed E-state index contributed by atoms with van der Waals surface area (Å²) in [4.78, 5) is 26.6. The summed E-state index contributed by atoms with van der Waals surface area (Å²) in [5, 5.41) is 2.96. The van der Waals surface area contributed by atoms with Gasteiger partial charge in [-0.15, -0.1) is 0 Å². The number of hydrogen-bond acceptors (Lipinski definition) is 3. The Morgan fingerprint density at radius 2 is 1.81 bits per heavy atom. The number of hydrogen-bond donors (Lipinski definition) is 1. The Balaban J connectivity index is 2.33. The molecule has 2 atom stereocenters. The molecule has 0 radical (unpaired) electrons. The molecule has 26 heavy (non-hydrogen) atoms. The lowest BCUT2D eigenvalue weighted by molar-refractivity contribution is -0.139. The Morgan fingerprint density at radius 3 is 2.31 bits per heavy atom. The lowest BCUT2D eigenvalue weighted by Crippen LogP contribution is -2.58. The van der Waals surface area contributed by atoms with Gasteiger partial charge in [-0.1, -0.05) is 51.1 Å². The topological polar surface area (TPSA) is 58.6 Å². The van der Waals surface area contributed by atoms with Gasteiger partial charge < -0.3 is 14.6 Å². The first kappa shape index (κ1) is 20.4. The molecule has 0 saturated carbocycles. The highest BCUT2D eigenvalue weighted by Gasteiger charge is 2.43. The van der Waals surface area contributed by atoms with Crippen LogP contribution in [0.1, 0.15) is 40.2 Å². The van der Waals surface area contributed by atoms with Gasteiger partial charge in [0, 0.05) is 13.1 Å². The normalized spacial score (nSPS) is 19.7. The van der Waals surface area contributed by atoms with Crippen LogP contribution in [-0.4, -0.2) is 37.2 Å². The zero-order chi connectivity index (χ0) is 19.7. The van der Waals surface area contributed by atoms with Gasteiger partial charge in [-0.2, -0.15) is 0 Å². The molecule has 1 aromatic carbocycles. The zero-order valence-electron chi connectivity index (χ0n) is 16.8. The van der Waals surface area contributed by atoms with E-state index in [1.807, 2.05) is 37.3 Å². The number of nitrogens with zero attached hydrogens (tertiary/aromatic N) is 1. The van der Waals surface area contributed by atoms with Crippen molar-refractivity contribution >= 4 is 25.8 Å². The third-order valence-corrected chi connectivity index (χ3v) is 9.85. The van der Waals surface area contributed by atoms with E-state index in [0.717, 1.165) is 5.56 Å². The molecule has 1 aromatic rings. The highest BCUT2D eigenvalue weighted by molar-refractivity contribution is 6.74. The van der Waals surface area contributed by atoms with Crippen molar-refractivity contribution in [1.29, 1.82) is 0 Å². The Labute approximate surface area is 157 Å². The van der Waals surface area contributed by atoms with Gasteiger partial charge in [-0.05, 0) is 30.6 Å². The monoisotopic (exact) mass is 374 g/mol. The Morgan fingerprint density at radius 1 is 1.23 bits per heavy atom. The lowest BCUT2D eigenvalue weighted by atomic mass is 10.0. The predicted octanol–water partition coefficient (Wildman–Crippen LogP) is 3.74. The lowest BCUT2D eigenvalue weighted by Gasteiger charge is -2.43. The first-order chi connectivity index (χ1) is 11.9. The van der Waals surface area contributed by atoms with E-state index in [0.29, 0.717) is 5.70 Å². The van der Waals surface area contributed by atoms with Gasteiger partial charge in [0.05, 0.1) is 11.8 Å². The van der Waals surface area contributed by atoms with Crippen LogP contribution in [0.25, 0.3) is 5.70 Å². The molecule has 2 amide bonds. The molecule has 5 nitrogen and oxygen atoms in total. The second kappa shape index (κ2) is 7.37. The standard InChI is InChI=1S/C20H30N2O3Si/c1-14(25-26(6,7)20(3,4)5)18-19(24)21-17(13-22(18)15(2)23)16-11-9-8-10-12-16/h8-14,18H,1-7H3,(H,21,24). The molecule has 1 aliphatic heterocycles. The number of carbonyl (C=O) groups is 2. The maximum atomic E-state index is 12.9. The van der Waals surface area contributed by atoms with Crippen molar-refractivity contribution in [3.8, 4) is 0 Å². The maximum absolute atomic E-state index is 12.9. The summed E-state index contributed by atoms with van der Waals surface area (Å²) < 4.78 is 6.39. The van der Waals surface area contributed by atoms with Crippen molar-refractivity contribution < 1.29 is 14.0 Å². The largest absolute Gasteiger partial charge is 0.412 e. The van der Waals surface area contributed by atoms with Crippen molar-refractivity contribution in [2.45, 2.75) is 64.9 Å². The van der Waals surface area contributed by atoms with Gasteiger partial charge in [-0.3, -0.25) is 9.59 Å². The van der Waals surface area contributed by atoms with Gasteiger partial charge >= 0.3 is 0 Å². The van der Waals surface area contributed by atoms with Crippen LogP contribution in [0.3, 0.4) is 0 Å². The van der Waals surface area contributed by atoms with E-state index < -0.39 is 20.5 Å². The molecular weight excluding hydrogens is 344 g/mol. The van der Waals surface area contributed by atoms with Crippen LogP contribution in [0.2, 0.25) is 18.1 Å². The Bertz CT molecular complexity index is 708. The minimum atomic E-state index is -2.07. The molecular formula is C20H30N2O3Si. The number of nitrogens with one attached hydrogen (secondary N) is 1. The summed E-state index contributed by atoms with van der Waals surface area (Å²) in [6, 6.07) is 8.84. The van der Waals surface area contributed by atoms with E-state index in [2.05, 4.69) is 39.2 Å². The molecule has 0 saturated heterocycles. The Hall–Kier alpha value is -1.92. The van der Waals surface area contributed by atoms with Gasteiger partial charge in [0.2, 0.25) is 11.8 Å². The second-order valence-electron chi connectivity index (χ2n) is 8.35. The number of benzene rings is 1. The van der Waals surface area contributed by atoms with E-state index in [-0.39, 0.29) is 16.9 Å². The van der Waals surface area contributed by atoms with Crippen LogP contribution >= 0.6 is 0 Å². The van der Waals surface area contributed by atoms with Crippen LogP contribution in [0.15, 0.2) is 36.5 Å². The minimum absolute atomic E-state index is 0.0263. The van der Waals surface area contributed by atoms with Gasteiger partial charge in [-0.25, -0.2) is 0 Å².